The van der Waals surface area contributed by atoms with Gasteiger partial charge >= 0.3 is 6.03 Å². The first-order chi connectivity index (χ1) is 12.9. The van der Waals surface area contributed by atoms with Gasteiger partial charge in [0, 0.05) is 18.8 Å². The van der Waals surface area contributed by atoms with Crippen molar-refractivity contribution in [2.75, 3.05) is 22.8 Å². The molecule has 27 heavy (non-hydrogen) atoms. The van der Waals surface area contributed by atoms with Crippen molar-refractivity contribution in [1.29, 1.82) is 0 Å². The number of sulfonamides is 1. The largest absolute Gasteiger partial charge is 0.322 e. The molecule has 0 spiro atoms. The minimum Gasteiger partial charge on any atom is -0.320 e. The fourth-order valence-corrected chi connectivity index (χ4v) is 4.52. The van der Waals surface area contributed by atoms with Crippen LogP contribution in [-0.4, -0.2) is 32.1 Å². The van der Waals surface area contributed by atoms with Gasteiger partial charge < -0.3 is 10.2 Å². The Morgan fingerprint density at radius 2 is 1.85 bits per heavy atom. The predicted octanol–water partition coefficient (Wildman–Crippen LogP) is 3.14. The number of rotatable bonds is 3. The van der Waals surface area contributed by atoms with Gasteiger partial charge in [0.05, 0.1) is 11.9 Å². The number of nitrogens with zero attached hydrogens (tertiary/aromatic N) is 1. The molecular weight excluding hydrogens is 362 g/mol. The lowest BCUT2D eigenvalue weighted by Crippen LogP contribution is -2.39. The zero-order valence-electron chi connectivity index (χ0n) is 15.3. The second-order valence-corrected chi connectivity index (χ2v) is 9.00. The maximum atomic E-state index is 12.7. The van der Waals surface area contributed by atoms with Gasteiger partial charge in [-0.1, -0.05) is 18.2 Å². The van der Waals surface area contributed by atoms with Crippen LogP contribution >= 0.6 is 0 Å². The zero-order valence-corrected chi connectivity index (χ0v) is 16.1. The first-order valence-corrected chi connectivity index (χ1v) is 11.0. The van der Waals surface area contributed by atoms with Crippen LogP contribution in [0.3, 0.4) is 0 Å². The van der Waals surface area contributed by atoms with Gasteiger partial charge in [0.2, 0.25) is 10.0 Å². The molecule has 7 heteroatoms. The van der Waals surface area contributed by atoms with Gasteiger partial charge in [-0.3, -0.25) is 4.72 Å². The maximum absolute atomic E-state index is 12.7. The normalized spacial score (nSPS) is 15.8. The van der Waals surface area contributed by atoms with E-state index < -0.39 is 10.0 Å². The van der Waals surface area contributed by atoms with Crippen LogP contribution in [0.2, 0.25) is 0 Å². The van der Waals surface area contributed by atoms with Gasteiger partial charge in [0.15, 0.2) is 0 Å². The van der Waals surface area contributed by atoms with Crippen molar-refractivity contribution >= 4 is 27.4 Å². The smallest absolute Gasteiger partial charge is 0.320 e. The summed E-state index contributed by atoms with van der Waals surface area (Å²) in [5.41, 5.74) is 6.08. The Morgan fingerprint density at radius 1 is 1.04 bits per heavy atom. The maximum Gasteiger partial charge on any atom is 0.322 e. The SMILES string of the molecule is CS(=O)(=O)Nc1cccc2c1CCN(C(=O)Nc1ccc3c(c1)CCC3)C2. The monoisotopic (exact) mass is 385 g/mol. The van der Waals surface area contributed by atoms with Crippen molar-refractivity contribution in [3.63, 3.8) is 0 Å². The van der Waals surface area contributed by atoms with Gasteiger partial charge in [-0.15, -0.1) is 0 Å². The molecule has 0 bridgehead atoms. The van der Waals surface area contributed by atoms with Crippen molar-refractivity contribution in [2.45, 2.75) is 32.2 Å². The van der Waals surface area contributed by atoms with E-state index in [0.29, 0.717) is 25.2 Å². The van der Waals surface area contributed by atoms with Crippen LogP contribution in [-0.2, 0) is 35.8 Å². The summed E-state index contributed by atoms with van der Waals surface area (Å²) in [6, 6.07) is 11.5. The number of urea groups is 1. The van der Waals surface area contributed by atoms with Crippen LogP contribution in [0.25, 0.3) is 0 Å². The standard InChI is InChI=1S/C20H23N3O3S/c1-27(25,26)22-19-7-3-6-16-13-23(11-10-18(16)19)20(24)21-17-9-8-14-4-2-5-15(14)12-17/h3,6-9,12,22H,2,4-5,10-11,13H2,1H3,(H,21,24). The molecule has 2 N–H and O–H groups in total. The van der Waals surface area contributed by atoms with Gasteiger partial charge in [0.1, 0.15) is 0 Å². The Balaban J connectivity index is 1.48. The second kappa shape index (κ2) is 6.88. The molecule has 0 aromatic heterocycles. The summed E-state index contributed by atoms with van der Waals surface area (Å²) in [4.78, 5) is 14.5. The quantitative estimate of drug-likeness (QED) is 0.852. The highest BCUT2D eigenvalue weighted by atomic mass is 32.2. The van der Waals surface area contributed by atoms with Crippen molar-refractivity contribution in [3.05, 3.63) is 58.7 Å². The fourth-order valence-electron chi connectivity index (χ4n) is 3.93. The number of nitrogens with one attached hydrogen (secondary N) is 2. The molecule has 0 atom stereocenters. The summed E-state index contributed by atoms with van der Waals surface area (Å²) in [6.45, 7) is 1.01. The molecule has 6 nitrogen and oxygen atoms in total. The van der Waals surface area contributed by atoms with Crippen LogP contribution in [0.4, 0.5) is 16.2 Å². The molecule has 4 rings (SSSR count). The number of carbonyl (C=O) groups excluding carboxylic acids is 1. The number of amides is 2. The molecule has 1 heterocycles. The van der Waals surface area contributed by atoms with Crippen molar-refractivity contribution in [2.24, 2.45) is 0 Å². The van der Waals surface area contributed by atoms with Crippen LogP contribution in [0.15, 0.2) is 36.4 Å². The highest BCUT2D eigenvalue weighted by molar-refractivity contribution is 7.92. The van der Waals surface area contributed by atoms with Gasteiger partial charge in [0.25, 0.3) is 0 Å². The molecule has 1 aliphatic carbocycles. The van der Waals surface area contributed by atoms with Crippen molar-refractivity contribution in [3.8, 4) is 0 Å². The van der Waals surface area contributed by atoms with Gasteiger partial charge in [-0.2, -0.15) is 0 Å². The first-order valence-electron chi connectivity index (χ1n) is 9.15. The van der Waals surface area contributed by atoms with Crippen LogP contribution in [0, 0.1) is 0 Å². The van der Waals surface area contributed by atoms with Gasteiger partial charge in [-0.25, -0.2) is 13.2 Å². The third kappa shape index (κ3) is 3.93. The minimum absolute atomic E-state index is 0.125. The summed E-state index contributed by atoms with van der Waals surface area (Å²) in [5.74, 6) is 0. The number of hydrogen-bond acceptors (Lipinski definition) is 3. The van der Waals surface area contributed by atoms with E-state index in [0.717, 1.165) is 35.9 Å². The zero-order chi connectivity index (χ0) is 19.0. The van der Waals surface area contributed by atoms with E-state index >= 15 is 0 Å². The lowest BCUT2D eigenvalue weighted by atomic mass is 9.98. The highest BCUT2D eigenvalue weighted by Crippen LogP contribution is 2.28. The van der Waals surface area contributed by atoms with E-state index in [4.69, 9.17) is 0 Å². The topological polar surface area (TPSA) is 78.5 Å². The van der Waals surface area contributed by atoms with E-state index in [1.54, 1.807) is 11.0 Å². The van der Waals surface area contributed by atoms with Crippen LogP contribution in [0.5, 0.6) is 0 Å². The third-order valence-corrected chi connectivity index (χ3v) is 5.79. The molecular formula is C20H23N3O3S. The Hall–Kier alpha value is -2.54. The summed E-state index contributed by atoms with van der Waals surface area (Å²) in [5, 5.41) is 3.00. The summed E-state index contributed by atoms with van der Waals surface area (Å²) >= 11 is 0. The van der Waals surface area contributed by atoms with Crippen molar-refractivity contribution < 1.29 is 13.2 Å². The Labute approximate surface area is 159 Å². The lowest BCUT2D eigenvalue weighted by Gasteiger charge is -2.30. The molecule has 2 amide bonds. The highest BCUT2D eigenvalue weighted by Gasteiger charge is 2.23. The van der Waals surface area contributed by atoms with Crippen LogP contribution in [0.1, 0.15) is 28.7 Å². The Bertz CT molecular complexity index is 1000. The van der Waals surface area contributed by atoms with E-state index in [1.165, 1.54) is 17.5 Å². The number of anilines is 2. The summed E-state index contributed by atoms with van der Waals surface area (Å²) in [7, 11) is -3.33. The average Bonchev–Trinajstić information content (AvgIpc) is 3.08. The first kappa shape index (κ1) is 17.9. The number of benzene rings is 2. The Kier molecular flexibility index (Phi) is 4.55. The minimum atomic E-state index is -3.33. The molecule has 0 fully saturated rings. The molecule has 1 aliphatic heterocycles. The number of aryl methyl sites for hydroxylation is 2. The molecule has 0 saturated heterocycles. The molecule has 0 unspecified atom stereocenters. The second-order valence-electron chi connectivity index (χ2n) is 7.26. The fraction of sp³-hybridized carbons (Fsp3) is 0.350. The molecule has 2 aromatic rings. The predicted molar refractivity (Wildman–Crippen MR) is 107 cm³/mol. The molecule has 2 aliphatic rings. The summed E-state index contributed by atoms with van der Waals surface area (Å²) < 4.78 is 25.7. The number of fused-ring (bicyclic) bond motifs is 2. The molecule has 142 valence electrons. The van der Waals surface area contributed by atoms with Gasteiger partial charge in [-0.05, 0) is 66.1 Å². The number of hydrogen-bond donors (Lipinski definition) is 2. The molecule has 2 aromatic carbocycles. The van der Waals surface area contributed by atoms with Crippen molar-refractivity contribution in [1.82, 2.24) is 4.90 Å². The number of carbonyl (C=O) groups is 1. The summed E-state index contributed by atoms with van der Waals surface area (Å²) in [6.07, 6.45) is 5.14. The van der Waals surface area contributed by atoms with E-state index in [1.807, 2.05) is 18.2 Å². The molecule has 0 radical (unpaired) electrons. The van der Waals surface area contributed by atoms with Crippen LogP contribution < -0.4 is 10.0 Å². The van der Waals surface area contributed by atoms with E-state index in [-0.39, 0.29) is 6.03 Å². The average molecular weight is 385 g/mol. The lowest BCUT2D eigenvalue weighted by molar-refractivity contribution is 0.206. The molecule has 0 saturated carbocycles. The van der Waals surface area contributed by atoms with E-state index in [9.17, 15) is 13.2 Å². The van der Waals surface area contributed by atoms with E-state index in [2.05, 4.69) is 22.2 Å². The Morgan fingerprint density at radius 3 is 2.67 bits per heavy atom. The third-order valence-electron chi connectivity index (χ3n) is 5.20.